The van der Waals surface area contributed by atoms with Crippen molar-refractivity contribution >= 4 is 5.78 Å². The molecule has 166 valence electrons. The van der Waals surface area contributed by atoms with Crippen LogP contribution in [0.25, 0.3) is 0 Å². The van der Waals surface area contributed by atoms with E-state index in [4.69, 9.17) is 0 Å². The molecule has 1 N–H and O–H groups in total. The Morgan fingerprint density at radius 1 is 0.966 bits per heavy atom. The Morgan fingerprint density at radius 2 is 1.72 bits per heavy atom. The molecule has 4 saturated carbocycles. The van der Waals surface area contributed by atoms with Crippen LogP contribution in [0.3, 0.4) is 0 Å². The summed E-state index contributed by atoms with van der Waals surface area (Å²) < 4.78 is 0. The largest absolute Gasteiger partial charge is 0.389 e. The Morgan fingerprint density at radius 3 is 2.45 bits per heavy atom. The lowest BCUT2D eigenvalue weighted by Gasteiger charge is -2.63. The van der Waals surface area contributed by atoms with E-state index in [9.17, 15) is 9.90 Å². The predicted octanol–water partition coefficient (Wildman–Crippen LogP) is 6.79. The fourth-order valence-corrected chi connectivity index (χ4v) is 9.09. The lowest BCUT2D eigenvalue weighted by Crippen LogP contribution is -2.62. The molecule has 4 aliphatic carbocycles. The fraction of sp³-hybridized carbons (Fsp3) is 0.963. The van der Waals surface area contributed by atoms with Crippen LogP contribution in [-0.4, -0.2) is 16.5 Å². The van der Waals surface area contributed by atoms with Gasteiger partial charge < -0.3 is 5.11 Å². The maximum atomic E-state index is 12.4. The molecular formula is C27H46O2. The van der Waals surface area contributed by atoms with Gasteiger partial charge in [-0.15, -0.1) is 0 Å². The van der Waals surface area contributed by atoms with E-state index in [1.807, 2.05) is 0 Å². The lowest BCUT2D eigenvalue weighted by molar-refractivity contribution is -0.204. The van der Waals surface area contributed by atoms with Gasteiger partial charge in [0.05, 0.1) is 5.60 Å². The second-order valence-corrected chi connectivity index (χ2v) is 12.6. The number of carbonyl (C=O) groups excluding carboxylic acids is 1. The van der Waals surface area contributed by atoms with Crippen molar-refractivity contribution in [3.63, 3.8) is 0 Å². The van der Waals surface area contributed by atoms with Crippen molar-refractivity contribution in [3.05, 3.63) is 0 Å². The molecule has 0 aromatic heterocycles. The van der Waals surface area contributed by atoms with Gasteiger partial charge in [0, 0.05) is 18.3 Å². The molecular weight excluding hydrogens is 356 g/mol. The van der Waals surface area contributed by atoms with Gasteiger partial charge in [0.1, 0.15) is 5.78 Å². The molecule has 0 radical (unpaired) electrons. The molecule has 0 aromatic carbocycles. The Hall–Kier alpha value is -0.370. The predicted molar refractivity (Wildman–Crippen MR) is 120 cm³/mol. The van der Waals surface area contributed by atoms with Crippen molar-refractivity contribution in [2.75, 3.05) is 0 Å². The first-order valence-electron chi connectivity index (χ1n) is 12.8. The van der Waals surface area contributed by atoms with Crippen molar-refractivity contribution in [2.24, 2.45) is 46.3 Å². The number of carbonyl (C=O) groups is 1. The molecule has 2 heteroatoms. The summed E-state index contributed by atoms with van der Waals surface area (Å²) in [4.78, 5) is 12.4. The minimum atomic E-state index is -0.585. The van der Waals surface area contributed by atoms with E-state index in [0.717, 1.165) is 36.0 Å². The van der Waals surface area contributed by atoms with E-state index in [0.29, 0.717) is 36.4 Å². The highest BCUT2D eigenvalue weighted by Gasteiger charge is 2.64. The zero-order valence-corrected chi connectivity index (χ0v) is 19.8. The SMILES string of the molecule is CC(C)CCC[C@@H](C)[C@H]1CC[C@H]2[C@@H]3CC[C@@]4(O)CCC(=O)C[C@]4(C)[C@H]3CC[C@]12C. The highest BCUT2D eigenvalue weighted by atomic mass is 16.3. The molecule has 0 spiro atoms. The second kappa shape index (κ2) is 7.64. The van der Waals surface area contributed by atoms with Crippen molar-refractivity contribution in [1.29, 1.82) is 0 Å². The van der Waals surface area contributed by atoms with E-state index in [1.54, 1.807) is 0 Å². The fourth-order valence-electron chi connectivity index (χ4n) is 9.09. The topological polar surface area (TPSA) is 37.3 Å². The van der Waals surface area contributed by atoms with Gasteiger partial charge >= 0.3 is 0 Å². The van der Waals surface area contributed by atoms with Crippen LogP contribution in [-0.2, 0) is 4.79 Å². The molecule has 2 nitrogen and oxygen atoms in total. The number of fused-ring (bicyclic) bond motifs is 5. The standard InChI is InChI=1S/C27H46O2/c1-18(2)7-6-8-19(3)22-9-10-23-21-12-16-27(29)15-11-20(28)17-26(27,5)24(21)13-14-25(22,23)4/h18-19,21-24,29H,6-17H2,1-5H3/t19-,21+,22-,23+,24+,25-,26-,27+/m1/s1. The first-order chi connectivity index (χ1) is 13.6. The van der Waals surface area contributed by atoms with Gasteiger partial charge in [-0.1, -0.05) is 53.9 Å². The third kappa shape index (κ3) is 3.44. The van der Waals surface area contributed by atoms with Gasteiger partial charge in [0.2, 0.25) is 0 Å². The van der Waals surface area contributed by atoms with Crippen molar-refractivity contribution in [2.45, 2.75) is 117 Å². The van der Waals surface area contributed by atoms with Crippen molar-refractivity contribution in [1.82, 2.24) is 0 Å². The third-order valence-corrected chi connectivity index (χ3v) is 10.8. The molecule has 0 heterocycles. The number of aliphatic hydroxyl groups is 1. The van der Waals surface area contributed by atoms with Crippen LogP contribution in [0, 0.1) is 46.3 Å². The molecule has 0 aromatic rings. The summed E-state index contributed by atoms with van der Waals surface area (Å²) in [5.74, 6) is 5.04. The molecule has 4 fully saturated rings. The lowest BCUT2D eigenvalue weighted by atomic mass is 9.43. The van der Waals surface area contributed by atoms with Crippen LogP contribution in [0.15, 0.2) is 0 Å². The first-order valence-corrected chi connectivity index (χ1v) is 12.8. The highest BCUT2D eigenvalue weighted by molar-refractivity contribution is 5.80. The molecule has 0 bridgehead atoms. The van der Waals surface area contributed by atoms with E-state index >= 15 is 0 Å². The summed E-state index contributed by atoms with van der Waals surface area (Å²) in [5.41, 5.74) is -0.269. The minimum Gasteiger partial charge on any atom is -0.389 e. The van der Waals surface area contributed by atoms with Gasteiger partial charge in [-0.25, -0.2) is 0 Å². The van der Waals surface area contributed by atoms with E-state index in [2.05, 4.69) is 34.6 Å². The molecule has 0 aliphatic heterocycles. The normalized spacial score (nSPS) is 48.2. The third-order valence-electron chi connectivity index (χ3n) is 10.8. The monoisotopic (exact) mass is 402 g/mol. The molecule has 0 amide bonds. The van der Waals surface area contributed by atoms with Gasteiger partial charge in [-0.2, -0.15) is 0 Å². The Bertz CT molecular complexity index is 626. The molecule has 4 aliphatic rings. The average Bonchev–Trinajstić information content (AvgIpc) is 3.00. The van der Waals surface area contributed by atoms with Crippen LogP contribution >= 0.6 is 0 Å². The van der Waals surface area contributed by atoms with Crippen LogP contribution in [0.4, 0.5) is 0 Å². The van der Waals surface area contributed by atoms with Crippen LogP contribution in [0.1, 0.15) is 112 Å². The smallest absolute Gasteiger partial charge is 0.133 e. The molecule has 29 heavy (non-hydrogen) atoms. The summed E-state index contributed by atoms with van der Waals surface area (Å²) in [5, 5.41) is 11.5. The molecule has 4 rings (SSSR count). The number of ketones is 1. The number of hydrogen-bond donors (Lipinski definition) is 1. The average molecular weight is 403 g/mol. The molecule has 8 atom stereocenters. The van der Waals surface area contributed by atoms with Crippen LogP contribution in [0.5, 0.6) is 0 Å². The maximum Gasteiger partial charge on any atom is 0.133 e. The van der Waals surface area contributed by atoms with Crippen LogP contribution in [0.2, 0.25) is 0 Å². The Labute approximate surface area is 179 Å². The zero-order valence-electron chi connectivity index (χ0n) is 19.8. The second-order valence-electron chi connectivity index (χ2n) is 12.6. The first kappa shape index (κ1) is 21.8. The minimum absolute atomic E-state index is 0.173. The van der Waals surface area contributed by atoms with Gasteiger partial charge in [0.25, 0.3) is 0 Å². The van der Waals surface area contributed by atoms with Crippen molar-refractivity contribution < 1.29 is 9.90 Å². The van der Waals surface area contributed by atoms with E-state index < -0.39 is 5.60 Å². The zero-order chi connectivity index (χ0) is 21.0. The van der Waals surface area contributed by atoms with Gasteiger partial charge in [-0.3, -0.25) is 4.79 Å². The van der Waals surface area contributed by atoms with Gasteiger partial charge in [-0.05, 0) is 85.9 Å². The summed E-state index contributed by atoms with van der Waals surface area (Å²) in [6.45, 7) is 12.1. The number of rotatable bonds is 5. The van der Waals surface area contributed by atoms with E-state index in [-0.39, 0.29) is 5.41 Å². The van der Waals surface area contributed by atoms with E-state index in [1.165, 1.54) is 51.4 Å². The Balaban J connectivity index is 1.51. The van der Waals surface area contributed by atoms with Crippen molar-refractivity contribution in [3.8, 4) is 0 Å². The number of Topliss-reactive ketones (excluding diaryl/α,β-unsaturated/α-hetero) is 1. The van der Waals surface area contributed by atoms with Crippen LogP contribution < -0.4 is 0 Å². The molecule has 0 saturated heterocycles. The van der Waals surface area contributed by atoms with Gasteiger partial charge in [0.15, 0.2) is 0 Å². The summed E-state index contributed by atoms with van der Waals surface area (Å²) >= 11 is 0. The molecule has 0 unspecified atom stereocenters. The maximum absolute atomic E-state index is 12.4. The summed E-state index contributed by atoms with van der Waals surface area (Å²) in [6.07, 6.45) is 13.6. The Kier molecular flexibility index (Phi) is 5.76. The number of hydrogen-bond acceptors (Lipinski definition) is 2. The summed E-state index contributed by atoms with van der Waals surface area (Å²) in [6, 6.07) is 0. The summed E-state index contributed by atoms with van der Waals surface area (Å²) in [7, 11) is 0. The highest BCUT2D eigenvalue weighted by Crippen LogP contribution is 2.69. The quantitative estimate of drug-likeness (QED) is 0.549.